The maximum Gasteiger partial charge on any atom is 0.319 e. The first-order valence-corrected chi connectivity index (χ1v) is 9.27. The number of urea groups is 1. The normalized spacial score (nSPS) is 12.1. The number of carbonyl (C=O) groups is 2. The molecular formula is C22H29N3O2. The predicted octanol–water partition coefficient (Wildman–Crippen LogP) is 4.36. The summed E-state index contributed by atoms with van der Waals surface area (Å²) in [6.45, 7) is 7.77. The van der Waals surface area contributed by atoms with Crippen molar-refractivity contribution < 1.29 is 9.59 Å². The molecule has 5 nitrogen and oxygen atoms in total. The van der Waals surface area contributed by atoms with Gasteiger partial charge in [-0.3, -0.25) is 4.79 Å². The van der Waals surface area contributed by atoms with E-state index in [2.05, 4.69) is 28.1 Å². The van der Waals surface area contributed by atoms with Gasteiger partial charge >= 0.3 is 6.03 Å². The van der Waals surface area contributed by atoms with E-state index in [0.29, 0.717) is 11.3 Å². The molecule has 3 N–H and O–H groups in total. The summed E-state index contributed by atoms with van der Waals surface area (Å²) in [5, 5.41) is 8.65. The summed E-state index contributed by atoms with van der Waals surface area (Å²) in [4.78, 5) is 24.5. The molecule has 0 saturated heterocycles. The number of anilines is 1. The predicted molar refractivity (Wildman–Crippen MR) is 110 cm³/mol. The molecule has 0 fully saturated rings. The monoisotopic (exact) mass is 367 g/mol. The molecule has 0 spiro atoms. The fraction of sp³-hybridized carbons (Fsp3) is 0.364. The minimum Gasteiger partial charge on any atom is -0.347 e. The lowest BCUT2D eigenvalue weighted by molar-refractivity contribution is 0.0919. The fourth-order valence-corrected chi connectivity index (χ4v) is 2.64. The van der Waals surface area contributed by atoms with E-state index < -0.39 is 0 Å². The Morgan fingerprint density at radius 2 is 1.70 bits per heavy atom. The number of aryl methyl sites for hydroxylation is 1. The van der Waals surface area contributed by atoms with Crippen molar-refractivity contribution in [1.82, 2.24) is 10.6 Å². The number of amides is 3. The summed E-state index contributed by atoms with van der Waals surface area (Å²) < 4.78 is 0. The third-order valence-electron chi connectivity index (χ3n) is 3.96. The maximum absolute atomic E-state index is 12.3. The summed E-state index contributed by atoms with van der Waals surface area (Å²) in [6, 6.07) is 16.9. The second kappa shape index (κ2) is 9.21. The smallest absolute Gasteiger partial charge is 0.319 e. The standard InChI is InChI=1S/C22H29N3O2/c1-16(13-14-17-9-6-5-7-10-17)23-21(27)24-19-12-8-11-18(15-19)20(26)25-22(2,3)4/h5-12,15-16H,13-14H2,1-4H3,(H,25,26)(H2,23,24,27). The molecule has 0 aliphatic heterocycles. The van der Waals surface area contributed by atoms with Crippen LogP contribution in [0.5, 0.6) is 0 Å². The Kier molecular flexibility index (Phi) is 6.99. The first-order chi connectivity index (χ1) is 12.7. The zero-order chi connectivity index (χ0) is 19.9. The van der Waals surface area contributed by atoms with Gasteiger partial charge in [-0.1, -0.05) is 36.4 Å². The number of nitrogens with one attached hydrogen (secondary N) is 3. The number of carbonyl (C=O) groups excluding carboxylic acids is 2. The highest BCUT2D eigenvalue weighted by Crippen LogP contribution is 2.12. The summed E-state index contributed by atoms with van der Waals surface area (Å²) in [5.41, 5.74) is 2.04. The Morgan fingerprint density at radius 1 is 1.00 bits per heavy atom. The second-order valence-corrected chi connectivity index (χ2v) is 7.81. The van der Waals surface area contributed by atoms with Gasteiger partial charge in [0.15, 0.2) is 0 Å². The molecule has 0 radical (unpaired) electrons. The Labute approximate surface area is 161 Å². The molecule has 1 unspecified atom stereocenters. The van der Waals surface area contributed by atoms with E-state index in [1.54, 1.807) is 24.3 Å². The van der Waals surface area contributed by atoms with Crippen molar-refractivity contribution in [3.05, 3.63) is 65.7 Å². The molecule has 1 atom stereocenters. The minimum atomic E-state index is -0.313. The van der Waals surface area contributed by atoms with Gasteiger partial charge in [0.1, 0.15) is 0 Å². The van der Waals surface area contributed by atoms with Crippen molar-refractivity contribution in [3.8, 4) is 0 Å². The molecule has 5 heteroatoms. The molecule has 0 heterocycles. The Hall–Kier alpha value is -2.82. The van der Waals surface area contributed by atoms with Crippen molar-refractivity contribution >= 4 is 17.6 Å². The third-order valence-corrected chi connectivity index (χ3v) is 3.96. The van der Waals surface area contributed by atoms with Crippen LogP contribution in [0.15, 0.2) is 54.6 Å². The van der Waals surface area contributed by atoms with Gasteiger partial charge in [0.25, 0.3) is 5.91 Å². The second-order valence-electron chi connectivity index (χ2n) is 7.81. The molecule has 0 bridgehead atoms. The van der Waals surface area contributed by atoms with Crippen LogP contribution in [0.3, 0.4) is 0 Å². The highest BCUT2D eigenvalue weighted by atomic mass is 16.2. The SMILES string of the molecule is CC(CCc1ccccc1)NC(=O)Nc1cccc(C(=O)NC(C)(C)C)c1. The van der Waals surface area contributed by atoms with Crippen molar-refractivity contribution in [1.29, 1.82) is 0 Å². The van der Waals surface area contributed by atoms with Gasteiger partial charge in [-0.15, -0.1) is 0 Å². The molecule has 27 heavy (non-hydrogen) atoms. The van der Waals surface area contributed by atoms with Crippen molar-refractivity contribution in [3.63, 3.8) is 0 Å². The number of hydrogen-bond acceptors (Lipinski definition) is 2. The minimum absolute atomic E-state index is 0.0394. The van der Waals surface area contributed by atoms with Crippen LogP contribution in [0.2, 0.25) is 0 Å². The summed E-state index contributed by atoms with van der Waals surface area (Å²) in [5.74, 6) is -0.164. The topological polar surface area (TPSA) is 70.2 Å². The van der Waals surface area contributed by atoms with Gasteiger partial charge in [-0.25, -0.2) is 4.79 Å². The Morgan fingerprint density at radius 3 is 2.37 bits per heavy atom. The van der Waals surface area contributed by atoms with E-state index in [4.69, 9.17) is 0 Å². The first-order valence-electron chi connectivity index (χ1n) is 9.27. The third kappa shape index (κ3) is 7.52. The molecule has 0 aliphatic carbocycles. The van der Waals surface area contributed by atoms with Gasteiger partial charge in [0.2, 0.25) is 0 Å². The van der Waals surface area contributed by atoms with E-state index in [1.165, 1.54) is 5.56 Å². The van der Waals surface area contributed by atoms with Gasteiger partial charge in [0.05, 0.1) is 0 Å². The van der Waals surface area contributed by atoms with Crippen LogP contribution in [0.1, 0.15) is 50.0 Å². The first kappa shape index (κ1) is 20.5. The summed E-state index contributed by atoms with van der Waals surface area (Å²) in [7, 11) is 0. The van der Waals surface area contributed by atoms with Gasteiger partial charge in [0, 0.05) is 22.8 Å². The van der Waals surface area contributed by atoms with E-state index in [9.17, 15) is 9.59 Å². The van der Waals surface area contributed by atoms with Gasteiger partial charge in [-0.2, -0.15) is 0 Å². The van der Waals surface area contributed by atoms with E-state index in [1.807, 2.05) is 45.9 Å². The lowest BCUT2D eigenvalue weighted by Gasteiger charge is -2.20. The van der Waals surface area contributed by atoms with Crippen molar-refractivity contribution in [2.45, 2.75) is 52.1 Å². The van der Waals surface area contributed by atoms with Crippen LogP contribution in [0.4, 0.5) is 10.5 Å². The average Bonchev–Trinajstić information content (AvgIpc) is 2.59. The molecule has 0 saturated carbocycles. The highest BCUT2D eigenvalue weighted by molar-refractivity contribution is 5.97. The zero-order valence-corrected chi connectivity index (χ0v) is 16.5. The van der Waals surface area contributed by atoms with E-state index in [-0.39, 0.29) is 23.5 Å². The largest absolute Gasteiger partial charge is 0.347 e. The molecule has 2 aromatic carbocycles. The quantitative estimate of drug-likeness (QED) is 0.710. The molecule has 0 aromatic heterocycles. The Bertz CT molecular complexity index is 767. The molecule has 144 valence electrons. The van der Waals surface area contributed by atoms with Crippen LogP contribution in [0, 0.1) is 0 Å². The maximum atomic E-state index is 12.3. The Balaban J connectivity index is 1.86. The molecule has 3 amide bonds. The summed E-state index contributed by atoms with van der Waals surface area (Å²) >= 11 is 0. The van der Waals surface area contributed by atoms with Gasteiger partial charge < -0.3 is 16.0 Å². The van der Waals surface area contributed by atoms with E-state index in [0.717, 1.165) is 12.8 Å². The average molecular weight is 367 g/mol. The molecule has 2 aromatic rings. The zero-order valence-electron chi connectivity index (χ0n) is 16.5. The highest BCUT2D eigenvalue weighted by Gasteiger charge is 2.16. The summed E-state index contributed by atoms with van der Waals surface area (Å²) in [6.07, 6.45) is 1.76. The van der Waals surface area contributed by atoms with Crippen LogP contribution >= 0.6 is 0 Å². The fourth-order valence-electron chi connectivity index (χ4n) is 2.64. The van der Waals surface area contributed by atoms with Crippen LogP contribution in [0.25, 0.3) is 0 Å². The number of benzene rings is 2. The van der Waals surface area contributed by atoms with E-state index >= 15 is 0 Å². The number of hydrogen-bond donors (Lipinski definition) is 3. The van der Waals surface area contributed by atoms with Crippen LogP contribution in [-0.4, -0.2) is 23.5 Å². The molecule has 0 aliphatic rings. The van der Waals surface area contributed by atoms with Crippen molar-refractivity contribution in [2.75, 3.05) is 5.32 Å². The molecule has 2 rings (SSSR count). The van der Waals surface area contributed by atoms with Gasteiger partial charge in [-0.05, 0) is 64.3 Å². The lowest BCUT2D eigenvalue weighted by atomic mass is 10.1. The lowest BCUT2D eigenvalue weighted by Crippen LogP contribution is -2.40. The van der Waals surface area contributed by atoms with Crippen LogP contribution < -0.4 is 16.0 Å². The van der Waals surface area contributed by atoms with Crippen molar-refractivity contribution in [2.24, 2.45) is 0 Å². The number of rotatable bonds is 6. The molecular weight excluding hydrogens is 338 g/mol. The van der Waals surface area contributed by atoms with Crippen LogP contribution in [-0.2, 0) is 6.42 Å².